The van der Waals surface area contributed by atoms with Crippen molar-refractivity contribution in [2.75, 3.05) is 26.3 Å². The third-order valence-corrected chi connectivity index (χ3v) is 3.91. The highest BCUT2D eigenvalue weighted by Gasteiger charge is 2.28. The van der Waals surface area contributed by atoms with Crippen molar-refractivity contribution < 1.29 is 4.74 Å². The molecule has 0 spiro atoms. The molecule has 0 aromatic heterocycles. The Bertz CT molecular complexity index is 196. The van der Waals surface area contributed by atoms with E-state index in [2.05, 4.69) is 17.6 Å². The number of ether oxygens (including phenoxy) is 1. The third kappa shape index (κ3) is 3.72. The summed E-state index contributed by atoms with van der Waals surface area (Å²) in [5.74, 6) is 0. The average molecular weight is 226 g/mol. The zero-order valence-corrected chi connectivity index (χ0v) is 10.6. The zero-order chi connectivity index (χ0) is 11.3. The van der Waals surface area contributed by atoms with Crippen LogP contribution in [0.3, 0.4) is 0 Å². The quantitative estimate of drug-likeness (QED) is 0.700. The molecule has 16 heavy (non-hydrogen) atoms. The van der Waals surface area contributed by atoms with E-state index in [1.165, 1.54) is 38.6 Å². The van der Waals surface area contributed by atoms with E-state index in [4.69, 9.17) is 4.74 Å². The fraction of sp³-hybridized carbons (Fsp3) is 1.00. The molecule has 2 saturated heterocycles. The van der Waals surface area contributed by atoms with Crippen molar-refractivity contribution in [3.8, 4) is 0 Å². The van der Waals surface area contributed by atoms with Crippen LogP contribution in [0.25, 0.3) is 0 Å². The van der Waals surface area contributed by atoms with Gasteiger partial charge >= 0.3 is 0 Å². The van der Waals surface area contributed by atoms with E-state index in [-0.39, 0.29) is 5.54 Å². The largest absolute Gasteiger partial charge is 0.379 e. The Labute approximate surface area is 99.3 Å². The number of hydrogen-bond donors (Lipinski definition) is 2. The summed E-state index contributed by atoms with van der Waals surface area (Å²) in [6.07, 6.45) is 7.92. The van der Waals surface area contributed by atoms with Gasteiger partial charge in [0.25, 0.3) is 0 Å². The minimum atomic E-state index is 0.250. The van der Waals surface area contributed by atoms with Gasteiger partial charge in [-0.15, -0.1) is 0 Å². The van der Waals surface area contributed by atoms with E-state index in [9.17, 15) is 0 Å². The molecule has 0 bridgehead atoms. The molecule has 3 heteroatoms. The molecule has 2 heterocycles. The van der Waals surface area contributed by atoms with Crippen LogP contribution in [0.1, 0.15) is 45.4 Å². The predicted molar refractivity (Wildman–Crippen MR) is 66.7 cm³/mol. The van der Waals surface area contributed by atoms with Gasteiger partial charge in [0.15, 0.2) is 0 Å². The summed E-state index contributed by atoms with van der Waals surface area (Å²) < 4.78 is 5.43. The van der Waals surface area contributed by atoms with Gasteiger partial charge in [0, 0.05) is 18.2 Å². The van der Waals surface area contributed by atoms with Gasteiger partial charge in [-0.1, -0.05) is 6.42 Å². The molecule has 2 fully saturated rings. The molecule has 0 radical (unpaired) electrons. The normalized spacial score (nSPS) is 35.4. The summed E-state index contributed by atoms with van der Waals surface area (Å²) in [7, 11) is 0. The molecular weight excluding hydrogens is 200 g/mol. The van der Waals surface area contributed by atoms with Crippen molar-refractivity contribution in [1.82, 2.24) is 10.6 Å². The van der Waals surface area contributed by atoms with Gasteiger partial charge in [0.05, 0.1) is 6.61 Å². The van der Waals surface area contributed by atoms with Gasteiger partial charge in [-0.3, -0.25) is 0 Å². The minimum Gasteiger partial charge on any atom is -0.379 e. The summed E-state index contributed by atoms with van der Waals surface area (Å²) in [4.78, 5) is 0. The Kier molecular flexibility index (Phi) is 4.62. The highest BCUT2D eigenvalue weighted by atomic mass is 16.5. The molecule has 0 saturated carbocycles. The first-order valence-corrected chi connectivity index (χ1v) is 6.85. The van der Waals surface area contributed by atoms with E-state index >= 15 is 0 Å². The molecule has 0 aromatic carbocycles. The number of nitrogens with one attached hydrogen (secondary N) is 2. The Morgan fingerprint density at radius 1 is 1.44 bits per heavy atom. The highest BCUT2D eigenvalue weighted by Crippen LogP contribution is 2.17. The maximum atomic E-state index is 5.43. The van der Waals surface area contributed by atoms with Crippen LogP contribution >= 0.6 is 0 Å². The Hall–Kier alpha value is -0.120. The first-order valence-electron chi connectivity index (χ1n) is 6.85. The molecule has 0 aliphatic carbocycles. The molecule has 3 nitrogen and oxygen atoms in total. The summed E-state index contributed by atoms with van der Waals surface area (Å²) >= 11 is 0. The summed E-state index contributed by atoms with van der Waals surface area (Å²) in [5.41, 5.74) is 0.250. The van der Waals surface area contributed by atoms with Crippen molar-refractivity contribution >= 4 is 0 Å². The fourth-order valence-electron chi connectivity index (χ4n) is 2.72. The van der Waals surface area contributed by atoms with Gasteiger partial charge in [-0.25, -0.2) is 0 Å². The first-order chi connectivity index (χ1) is 7.79. The van der Waals surface area contributed by atoms with Crippen molar-refractivity contribution in [1.29, 1.82) is 0 Å². The lowest BCUT2D eigenvalue weighted by Crippen LogP contribution is -2.43. The Morgan fingerprint density at radius 3 is 3.06 bits per heavy atom. The standard InChI is InChI=1S/C13H26N2O/c1-13(7-10-16-11-13)15-9-4-6-12-5-2-3-8-14-12/h12,14-15H,2-11H2,1H3. The second kappa shape index (κ2) is 5.99. The summed E-state index contributed by atoms with van der Waals surface area (Å²) in [5, 5.41) is 7.25. The molecule has 2 N–H and O–H groups in total. The third-order valence-electron chi connectivity index (χ3n) is 3.91. The lowest BCUT2D eigenvalue weighted by atomic mass is 9.99. The first kappa shape index (κ1) is 12.3. The van der Waals surface area contributed by atoms with E-state index in [1.54, 1.807) is 0 Å². The van der Waals surface area contributed by atoms with Gasteiger partial charge in [-0.2, -0.15) is 0 Å². The summed E-state index contributed by atoms with van der Waals surface area (Å²) in [6, 6.07) is 0.781. The summed E-state index contributed by atoms with van der Waals surface area (Å²) in [6.45, 7) is 6.45. The van der Waals surface area contributed by atoms with Crippen LogP contribution in [0.15, 0.2) is 0 Å². The molecule has 2 aliphatic heterocycles. The van der Waals surface area contributed by atoms with Crippen LogP contribution in [0.5, 0.6) is 0 Å². The fourth-order valence-corrected chi connectivity index (χ4v) is 2.72. The van der Waals surface area contributed by atoms with Gasteiger partial charge in [0.2, 0.25) is 0 Å². The van der Waals surface area contributed by atoms with Crippen LogP contribution in [0.4, 0.5) is 0 Å². The van der Waals surface area contributed by atoms with Crippen LogP contribution < -0.4 is 10.6 Å². The predicted octanol–water partition coefficient (Wildman–Crippen LogP) is 1.68. The maximum absolute atomic E-state index is 5.43. The van der Waals surface area contributed by atoms with Crippen LogP contribution in [-0.2, 0) is 4.74 Å². The van der Waals surface area contributed by atoms with Gasteiger partial charge in [-0.05, 0) is 52.1 Å². The topological polar surface area (TPSA) is 33.3 Å². The van der Waals surface area contributed by atoms with E-state index in [0.29, 0.717) is 0 Å². The zero-order valence-electron chi connectivity index (χ0n) is 10.6. The SMILES string of the molecule is CC1(NCCCC2CCCCN2)CCOC1. The number of piperidine rings is 1. The number of hydrogen-bond acceptors (Lipinski definition) is 3. The van der Waals surface area contributed by atoms with Crippen molar-refractivity contribution in [3.05, 3.63) is 0 Å². The van der Waals surface area contributed by atoms with E-state index in [1.807, 2.05) is 0 Å². The molecule has 0 aromatic rings. The molecule has 2 rings (SSSR count). The maximum Gasteiger partial charge on any atom is 0.0646 e. The molecule has 94 valence electrons. The van der Waals surface area contributed by atoms with Gasteiger partial charge < -0.3 is 15.4 Å². The van der Waals surface area contributed by atoms with Crippen molar-refractivity contribution in [2.45, 2.75) is 57.0 Å². The smallest absolute Gasteiger partial charge is 0.0646 e. The molecule has 2 atom stereocenters. The average Bonchev–Trinajstić information content (AvgIpc) is 2.74. The molecule has 0 amide bonds. The molecule has 2 aliphatic rings. The van der Waals surface area contributed by atoms with Crippen LogP contribution in [-0.4, -0.2) is 37.9 Å². The second-order valence-corrected chi connectivity index (χ2v) is 5.58. The lowest BCUT2D eigenvalue weighted by Gasteiger charge is -2.26. The monoisotopic (exact) mass is 226 g/mol. The number of rotatable bonds is 5. The van der Waals surface area contributed by atoms with E-state index < -0.39 is 0 Å². The van der Waals surface area contributed by atoms with Crippen molar-refractivity contribution in [3.63, 3.8) is 0 Å². The molecular formula is C13H26N2O. The van der Waals surface area contributed by atoms with Gasteiger partial charge in [0.1, 0.15) is 0 Å². The van der Waals surface area contributed by atoms with E-state index in [0.717, 1.165) is 32.2 Å². The second-order valence-electron chi connectivity index (χ2n) is 5.58. The Balaban J connectivity index is 1.54. The Morgan fingerprint density at radius 2 is 2.38 bits per heavy atom. The van der Waals surface area contributed by atoms with Crippen molar-refractivity contribution in [2.24, 2.45) is 0 Å². The highest BCUT2D eigenvalue weighted by molar-refractivity contribution is 4.86. The van der Waals surface area contributed by atoms with Crippen LogP contribution in [0.2, 0.25) is 0 Å². The molecule has 2 unspecified atom stereocenters. The van der Waals surface area contributed by atoms with Crippen LogP contribution in [0, 0.1) is 0 Å². The lowest BCUT2D eigenvalue weighted by molar-refractivity contribution is 0.171. The minimum absolute atomic E-state index is 0.250.